The number of amides is 1. The van der Waals surface area contributed by atoms with E-state index in [-0.39, 0.29) is 18.6 Å². The van der Waals surface area contributed by atoms with E-state index in [9.17, 15) is 18.0 Å². The molecule has 1 amide bonds. The van der Waals surface area contributed by atoms with Gasteiger partial charge in [-0.1, -0.05) is 19.4 Å². The number of nitrogens with one attached hydrogen (secondary N) is 1. The Morgan fingerprint density at radius 1 is 1.26 bits per heavy atom. The van der Waals surface area contributed by atoms with Crippen LogP contribution in [-0.2, 0) is 19.6 Å². The Balaban J connectivity index is 2.97. The van der Waals surface area contributed by atoms with Crippen molar-refractivity contribution in [3.8, 4) is 5.75 Å². The van der Waals surface area contributed by atoms with Gasteiger partial charge in [0, 0.05) is 5.56 Å². The molecule has 1 unspecified atom stereocenters. The fraction of sp³-hybridized carbons (Fsp3) is 0.467. The van der Waals surface area contributed by atoms with Crippen molar-refractivity contribution < 1.29 is 27.5 Å². The van der Waals surface area contributed by atoms with Gasteiger partial charge in [-0.2, -0.15) is 0 Å². The Morgan fingerprint density at radius 2 is 1.96 bits per heavy atom. The number of benzene rings is 1. The van der Waals surface area contributed by atoms with E-state index < -0.39 is 27.1 Å². The third kappa shape index (κ3) is 5.24. The first-order valence-corrected chi connectivity index (χ1v) is 8.77. The molecule has 23 heavy (non-hydrogen) atoms. The standard InChI is InChI=1S/C15H21NO6S/c1-4-7-13(15(18)22-5-2)23(19,20)16-14(17)11-8-6-9-12(10-11)21-3/h6,8-10,13H,4-5,7H2,1-3H3,(H,16,17). The highest BCUT2D eigenvalue weighted by Crippen LogP contribution is 2.14. The van der Waals surface area contributed by atoms with Crippen LogP contribution in [0.15, 0.2) is 24.3 Å². The van der Waals surface area contributed by atoms with Crippen LogP contribution in [0, 0.1) is 0 Å². The van der Waals surface area contributed by atoms with Crippen LogP contribution in [0.5, 0.6) is 5.75 Å². The number of hydrogen-bond donors (Lipinski definition) is 1. The molecule has 128 valence electrons. The molecule has 0 bridgehead atoms. The van der Waals surface area contributed by atoms with Crippen LogP contribution in [0.2, 0.25) is 0 Å². The van der Waals surface area contributed by atoms with Crippen molar-refractivity contribution in [3.63, 3.8) is 0 Å². The number of carbonyl (C=O) groups is 2. The zero-order valence-corrected chi connectivity index (χ0v) is 14.2. The van der Waals surface area contributed by atoms with Crippen molar-refractivity contribution in [2.75, 3.05) is 13.7 Å². The van der Waals surface area contributed by atoms with Gasteiger partial charge in [-0.05, 0) is 31.5 Å². The molecule has 0 aromatic heterocycles. The first kappa shape index (κ1) is 19.0. The minimum absolute atomic E-state index is 0.0679. The second-order valence-corrected chi connectivity index (χ2v) is 6.60. The molecule has 0 fully saturated rings. The van der Waals surface area contributed by atoms with Gasteiger partial charge in [-0.15, -0.1) is 0 Å². The number of rotatable bonds is 8. The summed E-state index contributed by atoms with van der Waals surface area (Å²) in [7, 11) is -2.75. The van der Waals surface area contributed by atoms with Gasteiger partial charge in [0.05, 0.1) is 13.7 Å². The van der Waals surface area contributed by atoms with E-state index >= 15 is 0 Å². The molecule has 1 atom stereocenters. The summed E-state index contributed by atoms with van der Waals surface area (Å²) in [4.78, 5) is 23.9. The Labute approximate surface area is 136 Å². The Morgan fingerprint density at radius 3 is 2.52 bits per heavy atom. The van der Waals surface area contributed by atoms with Crippen LogP contribution in [0.1, 0.15) is 37.0 Å². The number of ether oxygens (including phenoxy) is 2. The lowest BCUT2D eigenvalue weighted by atomic mass is 10.2. The van der Waals surface area contributed by atoms with Crippen molar-refractivity contribution in [1.82, 2.24) is 4.72 Å². The van der Waals surface area contributed by atoms with Gasteiger partial charge in [-0.25, -0.2) is 13.1 Å². The van der Waals surface area contributed by atoms with Crippen molar-refractivity contribution in [3.05, 3.63) is 29.8 Å². The third-order valence-electron chi connectivity index (χ3n) is 3.04. The van der Waals surface area contributed by atoms with E-state index in [1.54, 1.807) is 26.0 Å². The number of methoxy groups -OCH3 is 1. The molecule has 1 aromatic rings. The summed E-state index contributed by atoms with van der Waals surface area (Å²) in [5, 5.41) is -1.41. The molecule has 0 saturated heterocycles. The molecule has 0 spiro atoms. The van der Waals surface area contributed by atoms with E-state index in [0.717, 1.165) is 0 Å². The Bertz CT molecular complexity index is 656. The number of esters is 1. The molecule has 0 heterocycles. The molecule has 1 aromatic carbocycles. The molecule has 0 radical (unpaired) electrons. The summed E-state index contributed by atoms with van der Waals surface area (Å²) in [6.07, 6.45) is 0.525. The molecule has 1 rings (SSSR count). The van der Waals surface area contributed by atoms with E-state index in [1.165, 1.54) is 19.2 Å². The predicted octanol–water partition coefficient (Wildman–Crippen LogP) is 1.49. The first-order chi connectivity index (χ1) is 10.9. The number of hydrogen-bond acceptors (Lipinski definition) is 6. The normalized spacial score (nSPS) is 12.3. The van der Waals surface area contributed by atoms with Crippen molar-refractivity contribution >= 4 is 21.9 Å². The molecule has 0 aliphatic heterocycles. The summed E-state index contributed by atoms with van der Waals surface area (Å²) < 4.78 is 36.3. The topological polar surface area (TPSA) is 98.8 Å². The van der Waals surface area contributed by atoms with Crippen molar-refractivity contribution in [1.29, 1.82) is 0 Å². The summed E-state index contributed by atoms with van der Waals surface area (Å²) in [6, 6.07) is 6.05. The predicted molar refractivity (Wildman–Crippen MR) is 84.7 cm³/mol. The van der Waals surface area contributed by atoms with Gasteiger partial charge < -0.3 is 9.47 Å². The Hall–Kier alpha value is -2.09. The van der Waals surface area contributed by atoms with E-state index in [4.69, 9.17) is 9.47 Å². The molecule has 0 aliphatic carbocycles. The molecule has 0 saturated carbocycles. The van der Waals surface area contributed by atoms with Gasteiger partial charge in [0.2, 0.25) is 10.0 Å². The summed E-state index contributed by atoms with van der Waals surface area (Å²) in [5.74, 6) is -1.26. The monoisotopic (exact) mass is 343 g/mol. The molecule has 1 N–H and O–H groups in total. The maximum Gasteiger partial charge on any atom is 0.326 e. The smallest absolute Gasteiger partial charge is 0.326 e. The zero-order chi connectivity index (χ0) is 17.5. The average molecular weight is 343 g/mol. The van der Waals surface area contributed by atoms with Gasteiger partial charge in [0.1, 0.15) is 5.75 Å². The van der Waals surface area contributed by atoms with Gasteiger partial charge in [0.15, 0.2) is 5.25 Å². The van der Waals surface area contributed by atoms with Gasteiger partial charge in [-0.3, -0.25) is 9.59 Å². The maximum absolute atomic E-state index is 12.3. The summed E-state index contributed by atoms with van der Waals surface area (Å²) >= 11 is 0. The van der Waals surface area contributed by atoms with Crippen LogP contribution >= 0.6 is 0 Å². The van der Waals surface area contributed by atoms with Crippen LogP contribution in [-0.4, -0.2) is 39.3 Å². The first-order valence-electron chi connectivity index (χ1n) is 7.22. The average Bonchev–Trinajstić information content (AvgIpc) is 2.52. The minimum Gasteiger partial charge on any atom is -0.497 e. The third-order valence-corrected chi connectivity index (χ3v) is 4.69. The van der Waals surface area contributed by atoms with Crippen LogP contribution in [0.25, 0.3) is 0 Å². The second kappa shape index (κ2) is 8.52. The molecular weight excluding hydrogens is 322 g/mol. The SMILES string of the molecule is CCCC(C(=O)OCC)S(=O)(=O)NC(=O)c1cccc(OC)c1. The largest absolute Gasteiger partial charge is 0.497 e. The van der Waals surface area contributed by atoms with E-state index in [2.05, 4.69) is 0 Å². The lowest BCUT2D eigenvalue weighted by Gasteiger charge is -2.16. The minimum atomic E-state index is -4.19. The highest BCUT2D eigenvalue weighted by atomic mass is 32.2. The van der Waals surface area contributed by atoms with Crippen molar-refractivity contribution in [2.45, 2.75) is 31.9 Å². The molecular formula is C15H21NO6S. The van der Waals surface area contributed by atoms with Crippen LogP contribution in [0.4, 0.5) is 0 Å². The second-order valence-electron chi connectivity index (χ2n) is 4.74. The Kier molecular flexibility index (Phi) is 7.02. The van der Waals surface area contributed by atoms with Crippen molar-refractivity contribution in [2.24, 2.45) is 0 Å². The molecule has 0 aliphatic rings. The fourth-order valence-corrected chi connectivity index (χ4v) is 3.31. The van der Waals surface area contributed by atoms with Gasteiger partial charge >= 0.3 is 5.97 Å². The van der Waals surface area contributed by atoms with E-state index in [1.807, 2.05) is 4.72 Å². The summed E-state index contributed by atoms with van der Waals surface area (Å²) in [5.41, 5.74) is 0.118. The fourth-order valence-electron chi connectivity index (χ4n) is 1.92. The van der Waals surface area contributed by atoms with Crippen LogP contribution < -0.4 is 9.46 Å². The lowest BCUT2D eigenvalue weighted by molar-refractivity contribution is -0.142. The van der Waals surface area contributed by atoms with Gasteiger partial charge in [0.25, 0.3) is 5.91 Å². The maximum atomic E-state index is 12.3. The van der Waals surface area contributed by atoms with Crippen LogP contribution in [0.3, 0.4) is 0 Å². The highest BCUT2D eigenvalue weighted by Gasteiger charge is 2.34. The lowest BCUT2D eigenvalue weighted by Crippen LogP contribution is -2.43. The zero-order valence-electron chi connectivity index (χ0n) is 13.4. The number of sulfonamides is 1. The molecule has 8 heteroatoms. The highest BCUT2D eigenvalue weighted by molar-refractivity contribution is 7.91. The number of carbonyl (C=O) groups excluding carboxylic acids is 2. The quantitative estimate of drug-likeness (QED) is 0.718. The molecule has 7 nitrogen and oxygen atoms in total. The van der Waals surface area contributed by atoms with E-state index in [0.29, 0.717) is 12.2 Å². The summed E-state index contributed by atoms with van der Waals surface area (Å²) in [6.45, 7) is 3.40.